The molecule has 0 aliphatic rings. The minimum atomic E-state index is 0.457. The second-order valence-corrected chi connectivity index (χ2v) is 4.73. The lowest BCUT2D eigenvalue weighted by molar-refractivity contribution is 0.414. The van der Waals surface area contributed by atoms with Crippen LogP contribution in [0.1, 0.15) is 11.5 Å². The highest BCUT2D eigenvalue weighted by molar-refractivity contribution is 5.73. The number of ether oxygens (including phenoxy) is 1. The van der Waals surface area contributed by atoms with Crippen molar-refractivity contribution >= 4 is 0 Å². The van der Waals surface area contributed by atoms with Crippen molar-refractivity contribution in [1.29, 1.82) is 0 Å². The minimum Gasteiger partial charge on any atom is -0.496 e. The first-order valence-corrected chi connectivity index (χ1v) is 6.58. The first kappa shape index (κ1) is 13.3. The Morgan fingerprint density at radius 2 is 1.90 bits per heavy atom. The zero-order valence-electron chi connectivity index (χ0n) is 12.1. The standard InChI is InChI=1S/C16H15N3O2/c1-10-6-7-17-9-14(10)12-4-5-13(15(8-12)20-3)16-19-18-11(2)21-16/h4-9H,1-3H3. The average molecular weight is 281 g/mol. The number of benzene rings is 1. The van der Waals surface area contributed by atoms with Crippen LogP contribution in [0, 0.1) is 13.8 Å². The maximum Gasteiger partial charge on any atom is 0.251 e. The highest BCUT2D eigenvalue weighted by Crippen LogP contribution is 2.34. The van der Waals surface area contributed by atoms with E-state index in [0.29, 0.717) is 17.5 Å². The largest absolute Gasteiger partial charge is 0.496 e. The van der Waals surface area contributed by atoms with Gasteiger partial charge in [-0.15, -0.1) is 10.2 Å². The van der Waals surface area contributed by atoms with Crippen LogP contribution in [0.4, 0.5) is 0 Å². The molecule has 2 heterocycles. The van der Waals surface area contributed by atoms with Crippen molar-refractivity contribution in [2.75, 3.05) is 7.11 Å². The van der Waals surface area contributed by atoms with Crippen molar-refractivity contribution in [2.45, 2.75) is 13.8 Å². The highest BCUT2D eigenvalue weighted by Gasteiger charge is 2.14. The van der Waals surface area contributed by atoms with E-state index in [1.54, 1.807) is 20.2 Å². The molecule has 106 valence electrons. The van der Waals surface area contributed by atoms with Gasteiger partial charge in [0.2, 0.25) is 5.89 Å². The van der Waals surface area contributed by atoms with Gasteiger partial charge in [-0.05, 0) is 36.2 Å². The van der Waals surface area contributed by atoms with E-state index >= 15 is 0 Å². The molecule has 0 atom stereocenters. The molecule has 0 saturated heterocycles. The summed E-state index contributed by atoms with van der Waals surface area (Å²) >= 11 is 0. The van der Waals surface area contributed by atoms with Crippen molar-refractivity contribution in [2.24, 2.45) is 0 Å². The van der Waals surface area contributed by atoms with E-state index < -0.39 is 0 Å². The summed E-state index contributed by atoms with van der Waals surface area (Å²) in [6.07, 6.45) is 3.63. The van der Waals surface area contributed by atoms with Gasteiger partial charge in [0.05, 0.1) is 12.7 Å². The summed E-state index contributed by atoms with van der Waals surface area (Å²) in [6.45, 7) is 3.81. The molecule has 0 bridgehead atoms. The first-order valence-electron chi connectivity index (χ1n) is 6.58. The molecule has 0 N–H and O–H groups in total. The number of pyridine rings is 1. The Hall–Kier alpha value is -2.69. The van der Waals surface area contributed by atoms with Gasteiger partial charge in [0.1, 0.15) is 5.75 Å². The molecule has 0 fully saturated rings. The van der Waals surface area contributed by atoms with Crippen molar-refractivity contribution in [3.63, 3.8) is 0 Å². The smallest absolute Gasteiger partial charge is 0.251 e. The van der Waals surface area contributed by atoms with Crippen LogP contribution < -0.4 is 4.74 Å². The fraction of sp³-hybridized carbons (Fsp3) is 0.188. The van der Waals surface area contributed by atoms with Gasteiger partial charge < -0.3 is 9.15 Å². The predicted octanol–water partition coefficient (Wildman–Crippen LogP) is 3.42. The SMILES string of the molecule is COc1cc(-c2cnccc2C)ccc1-c1nnc(C)o1. The number of nitrogens with zero attached hydrogens (tertiary/aromatic N) is 3. The molecule has 0 saturated carbocycles. The molecule has 3 aromatic rings. The Bertz CT molecular complexity index is 781. The van der Waals surface area contributed by atoms with Crippen molar-refractivity contribution in [1.82, 2.24) is 15.2 Å². The van der Waals surface area contributed by atoms with Crippen molar-refractivity contribution in [3.05, 3.63) is 48.1 Å². The second-order valence-electron chi connectivity index (χ2n) is 4.73. The summed E-state index contributed by atoms with van der Waals surface area (Å²) < 4.78 is 10.9. The predicted molar refractivity (Wildman–Crippen MR) is 79.0 cm³/mol. The quantitative estimate of drug-likeness (QED) is 0.736. The zero-order valence-corrected chi connectivity index (χ0v) is 12.1. The molecule has 3 rings (SSSR count). The summed E-state index contributed by atoms with van der Waals surface area (Å²) in [4.78, 5) is 4.18. The number of hydrogen-bond donors (Lipinski definition) is 0. The van der Waals surface area contributed by atoms with E-state index in [1.807, 2.05) is 30.5 Å². The van der Waals surface area contributed by atoms with E-state index in [2.05, 4.69) is 22.1 Å². The molecule has 5 nitrogen and oxygen atoms in total. The number of aryl methyl sites for hydroxylation is 2. The van der Waals surface area contributed by atoms with Crippen LogP contribution >= 0.6 is 0 Å². The van der Waals surface area contributed by atoms with Gasteiger partial charge in [-0.1, -0.05) is 6.07 Å². The third-order valence-corrected chi connectivity index (χ3v) is 3.31. The fourth-order valence-corrected chi connectivity index (χ4v) is 2.21. The van der Waals surface area contributed by atoms with Gasteiger partial charge in [-0.25, -0.2) is 0 Å². The third kappa shape index (κ3) is 2.50. The lowest BCUT2D eigenvalue weighted by atomic mass is 10.0. The molecule has 0 amide bonds. The normalized spacial score (nSPS) is 10.6. The molecular weight excluding hydrogens is 266 g/mol. The topological polar surface area (TPSA) is 61.0 Å². The highest BCUT2D eigenvalue weighted by atomic mass is 16.5. The Kier molecular flexibility index (Phi) is 3.39. The van der Waals surface area contributed by atoms with Crippen LogP contribution in [-0.4, -0.2) is 22.3 Å². The van der Waals surface area contributed by atoms with E-state index in [1.165, 1.54) is 0 Å². The van der Waals surface area contributed by atoms with Gasteiger partial charge in [0, 0.05) is 24.9 Å². The summed E-state index contributed by atoms with van der Waals surface area (Å²) in [6, 6.07) is 7.87. The van der Waals surface area contributed by atoms with Gasteiger partial charge in [-0.3, -0.25) is 4.98 Å². The third-order valence-electron chi connectivity index (χ3n) is 3.31. The number of aromatic nitrogens is 3. The van der Waals surface area contributed by atoms with Crippen LogP contribution in [0.2, 0.25) is 0 Å². The van der Waals surface area contributed by atoms with E-state index in [-0.39, 0.29) is 0 Å². The zero-order chi connectivity index (χ0) is 14.8. The Balaban J connectivity index is 2.10. The first-order chi connectivity index (χ1) is 10.2. The number of rotatable bonds is 3. The summed E-state index contributed by atoms with van der Waals surface area (Å²) in [7, 11) is 1.63. The minimum absolute atomic E-state index is 0.457. The van der Waals surface area contributed by atoms with E-state index in [0.717, 1.165) is 22.3 Å². The molecule has 1 aromatic carbocycles. The average Bonchev–Trinajstić information content (AvgIpc) is 2.93. The fourth-order valence-electron chi connectivity index (χ4n) is 2.21. The van der Waals surface area contributed by atoms with Crippen LogP contribution in [0.3, 0.4) is 0 Å². The molecule has 2 aromatic heterocycles. The molecule has 5 heteroatoms. The number of hydrogen-bond acceptors (Lipinski definition) is 5. The summed E-state index contributed by atoms with van der Waals surface area (Å²) in [5, 5.41) is 7.89. The summed E-state index contributed by atoms with van der Waals surface area (Å²) in [5.41, 5.74) is 4.05. The van der Waals surface area contributed by atoms with Gasteiger partial charge in [0.15, 0.2) is 0 Å². The maximum atomic E-state index is 5.47. The van der Waals surface area contributed by atoms with Gasteiger partial charge in [-0.2, -0.15) is 0 Å². The Morgan fingerprint density at radius 3 is 2.57 bits per heavy atom. The number of methoxy groups -OCH3 is 1. The lowest BCUT2D eigenvalue weighted by Gasteiger charge is -2.10. The Labute approximate surface area is 122 Å². The molecule has 0 aliphatic heterocycles. The van der Waals surface area contributed by atoms with Crippen LogP contribution in [0.5, 0.6) is 5.75 Å². The monoisotopic (exact) mass is 281 g/mol. The molecule has 21 heavy (non-hydrogen) atoms. The van der Waals surface area contributed by atoms with Crippen molar-refractivity contribution in [3.8, 4) is 28.3 Å². The molecule has 0 aliphatic carbocycles. The van der Waals surface area contributed by atoms with Crippen LogP contribution in [0.15, 0.2) is 41.1 Å². The second kappa shape index (κ2) is 5.36. The lowest BCUT2D eigenvalue weighted by Crippen LogP contribution is -1.91. The maximum absolute atomic E-state index is 5.47. The molecule has 0 radical (unpaired) electrons. The summed E-state index contributed by atoms with van der Waals surface area (Å²) in [5.74, 6) is 1.68. The Morgan fingerprint density at radius 1 is 1.05 bits per heavy atom. The van der Waals surface area contributed by atoms with Crippen LogP contribution in [-0.2, 0) is 0 Å². The molecular formula is C16H15N3O2. The van der Waals surface area contributed by atoms with E-state index in [4.69, 9.17) is 9.15 Å². The molecule has 0 spiro atoms. The van der Waals surface area contributed by atoms with E-state index in [9.17, 15) is 0 Å². The van der Waals surface area contributed by atoms with Gasteiger partial charge >= 0.3 is 0 Å². The van der Waals surface area contributed by atoms with Crippen LogP contribution in [0.25, 0.3) is 22.6 Å². The molecule has 0 unspecified atom stereocenters. The van der Waals surface area contributed by atoms with Crippen molar-refractivity contribution < 1.29 is 9.15 Å². The van der Waals surface area contributed by atoms with Gasteiger partial charge in [0.25, 0.3) is 5.89 Å².